The topological polar surface area (TPSA) is 91.3 Å². The first-order valence-corrected chi connectivity index (χ1v) is 14.1. The number of fused-ring (bicyclic) bond motifs is 6. The fourth-order valence-electron chi connectivity index (χ4n) is 7.25. The van der Waals surface area contributed by atoms with E-state index in [-0.39, 0.29) is 23.6 Å². The molecule has 9 nitrogen and oxygen atoms in total. The average molecular weight is 597 g/mol. The quantitative estimate of drug-likeness (QED) is 0.557. The molecule has 0 spiro atoms. The van der Waals surface area contributed by atoms with Gasteiger partial charge in [0.2, 0.25) is 0 Å². The number of hydrogen-bond donors (Lipinski definition) is 1. The number of nitrogens with zero attached hydrogens (tertiary/aromatic N) is 5. The number of ether oxygens (including phenoxy) is 2. The molecule has 12 heteroatoms. The molecule has 4 atom stereocenters. The number of likely N-dealkylation sites (tertiary alicyclic amines) is 1. The molecule has 1 amide bonds. The molecule has 1 N–H and O–H groups in total. The molecular formula is C25H28BrClFN5O4. The molecule has 2 unspecified atom stereocenters. The number of benzene rings is 1. The Labute approximate surface area is 227 Å². The van der Waals surface area contributed by atoms with Crippen LogP contribution in [-0.4, -0.2) is 87.5 Å². The molecule has 1 aromatic heterocycles. The predicted octanol–water partition coefficient (Wildman–Crippen LogP) is 4.36. The minimum atomic E-state index is -0.891. The monoisotopic (exact) mass is 595 g/mol. The van der Waals surface area contributed by atoms with Crippen LogP contribution in [0.25, 0.3) is 10.9 Å². The number of carbonyl (C=O) groups is 1. The largest absolute Gasteiger partial charge is 0.465 e. The number of hydrogen-bond acceptors (Lipinski definition) is 7. The van der Waals surface area contributed by atoms with E-state index < -0.39 is 12.3 Å². The zero-order chi connectivity index (χ0) is 25.5. The van der Waals surface area contributed by atoms with Crippen LogP contribution in [0.2, 0.25) is 5.02 Å². The predicted molar refractivity (Wildman–Crippen MR) is 138 cm³/mol. The minimum absolute atomic E-state index is 0.00670. The Morgan fingerprint density at radius 2 is 1.97 bits per heavy atom. The summed E-state index contributed by atoms with van der Waals surface area (Å²) in [4.78, 5) is 27.4. The van der Waals surface area contributed by atoms with Gasteiger partial charge in [-0.15, -0.1) is 0 Å². The summed E-state index contributed by atoms with van der Waals surface area (Å²) in [7, 11) is 0. The molecule has 37 heavy (non-hydrogen) atoms. The van der Waals surface area contributed by atoms with Crippen molar-refractivity contribution in [2.45, 2.75) is 69.1 Å². The van der Waals surface area contributed by atoms with E-state index in [4.69, 9.17) is 31.0 Å². The van der Waals surface area contributed by atoms with Gasteiger partial charge in [-0.25, -0.2) is 9.18 Å². The lowest BCUT2D eigenvalue weighted by Crippen LogP contribution is -2.55. The van der Waals surface area contributed by atoms with Crippen LogP contribution < -0.4 is 9.64 Å². The molecule has 4 saturated heterocycles. The van der Waals surface area contributed by atoms with E-state index in [1.165, 1.54) is 4.90 Å². The van der Waals surface area contributed by atoms with Crippen LogP contribution in [0.3, 0.4) is 0 Å². The molecule has 198 valence electrons. The smallest absolute Gasteiger partial charge is 0.407 e. The Kier molecular flexibility index (Phi) is 5.73. The Hall–Kier alpha value is -1.95. The summed E-state index contributed by atoms with van der Waals surface area (Å²) in [5, 5.41) is 11.0. The van der Waals surface area contributed by atoms with Crippen molar-refractivity contribution in [3.63, 3.8) is 0 Å². The van der Waals surface area contributed by atoms with E-state index in [0.29, 0.717) is 56.4 Å². The number of carboxylic acid groups (broad SMARTS) is 1. The van der Waals surface area contributed by atoms with Gasteiger partial charge in [-0.2, -0.15) is 9.97 Å². The number of piperazine rings is 1. The fraction of sp³-hybridized carbons (Fsp3) is 0.640. The van der Waals surface area contributed by atoms with Crippen molar-refractivity contribution in [2.24, 2.45) is 0 Å². The van der Waals surface area contributed by atoms with Gasteiger partial charge in [0, 0.05) is 42.6 Å². The van der Waals surface area contributed by atoms with Crippen molar-refractivity contribution in [1.82, 2.24) is 19.8 Å². The molecule has 0 radical (unpaired) electrons. The van der Waals surface area contributed by atoms with Crippen molar-refractivity contribution in [3.05, 3.63) is 20.6 Å². The fourth-order valence-corrected chi connectivity index (χ4v) is 8.05. The van der Waals surface area contributed by atoms with Gasteiger partial charge in [0.1, 0.15) is 18.6 Å². The molecule has 2 bridgehead atoms. The molecule has 0 aliphatic carbocycles. The third-order valence-electron chi connectivity index (χ3n) is 8.92. The second-order valence-corrected chi connectivity index (χ2v) is 12.1. The van der Waals surface area contributed by atoms with Crippen LogP contribution >= 0.6 is 27.5 Å². The summed E-state index contributed by atoms with van der Waals surface area (Å²) in [6.07, 6.45) is 2.42. The van der Waals surface area contributed by atoms with E-state index in [2.05, 4.69) is 25.7 Å². The van der Waals surface area contributed by atoms with Crippen molar-refractivity contribution < 1.29 is 23.8 Å². The minimum Gasteiger partial charge on any atom is -0.465 e. The molecule has 5 aliphatic rings. The number of amides is 1. The average Bonchev–Trinajstić information content (AvgIpc) is 3.62. The van der Waals surface area contributed by atoms with E-state index >= 15 is 0 Å². The van der Waals surface area contributed by atoms with E-state index in [0.717, 1.165) is 59.0 Å². The van der Waals surface area contributed by atoms with Crippen LogP contribution in [0, 0.1) is 0 Å². The van der Waals surface area contributed by atoms with Crippen molar-refractivity contribution in [3.8, 4) is 6.01 Å². The third-order valence-corrected chi connectivity index (χ3v) is 10.4. The molecule has 7 rings (SSSR count). The maximum absolute atomic E-state index is 14.3. The maximum atomic E-state index is 14.3. The first-order valence-electron chi connectivity index (χ1n) is 12.9. The molecule has 5 aliphatic heterocycles. The lowest BCUT2D eigenvalue weighted by molar-refractivity contribution is 0.107. The van der Waals surface area contributed by atoms with Gasteiger partial charge >= 0.3 is 12.1 Å². The van der Waals surface area contributed by atoms with Crippen LogP contribution in [0.5, 0.6) is 6.01 Å². The maximum Gasteiger partial charge on any atom is 0.407 e. The molecule has 4 fully saturated rings. The highest BCUT2D eigenvalue weighted by Gasteiger charge is 2.50. The first-order chi connectivity index (χ1) is 17.8. The van der Waals surface area contributed by atoms with Gasteiger partial charge in [-0.05, 0) is 59.3 Å². The highest BCUT2D eigenvalue weighted by atomic mass is 79.9. The molecule has 1 aromatic carbocycles. The number of rotatable bonds is 4. The zero-order valence-electron chi connectivity index (χ0n) is 20.3. The lowest BCUT2D eigenvalue weighted by atomic mass is 9.95. The van der Waals surface area contributed by atoms with Crippen LogP contribution in [0.4, 0.5) is 15.0 Å². The van der Waals surface area contributed by atoms with Crippen LogP contribution in [0.15, 0.2) is 4.47 Å². The Morgan fingerprint density at radius 1 is 1.22 bits per heavy atom. The molecule has 2 aromatic rings. The lowest BCUT2D eigenvalue weighted by Gasteiger charge is -2.41. The van der Waals surface area contributed by atoms with Crippen molar-refractivity contribution in [1.29, 1.82) is 0 Å². The highest BCUT2D eigenvalue weighted by molar-refractivity contribution is 9.10. The van der Waals surface area contributed by atoms with Crippen molar-refractivity contribution in [2.75, 3.05) is 37.7 Å². The van der Waals surface area contributed by atoms with Gasteiger partial charge in [0.15, 0.2) is 0 Å². The Balaban J connectivity index is 1.32. The number of alkyl halides is 1. The summed E-state index contributed by atoms with van der Waals surface area (Å²) in [6.45, 7) is 3.39. The van der Waals surface area contributed by atoms with Gasteiger partial charge in [0.25, 0.3) is 0 Å². The standard InChI is InChI=1S/C25H28BrClFN5O4/c26-19-17-11-36-10-16(17)18-21(20(19)27)29-23(37-12-25-4-1-5-32(25)7-13(28)6-25)30-22(18)33-14-2-3-15(33)9-31(8-14)24(34)35/h13-15H,1-12H2,(H,34,35)/t13-,14?,15?,25+/m1/s1. The summed E-state index contributed by atoms with van der Waals surface area (Å²) in [6, 6.07) is 0.234. The second-order valence-electron chi connectivity index (χ2n) is 11.0. The van der Waals surface area contributed by atoms with E-state index in [1.807, 2.05) is 0 Å². The molecule has 6 heterocycles. The van der Waals surface area contributed by atoms with Crippen molar-refractivity contribution >= 4 is 50.3 Å². The molecular weight excluding hydrogens is 569 g/mol. The van der Waals surface area contributed by atoms with E-state index in [9.17, 15) is 14.3 Å². The van der Waals surface area contributed by atoms with Gasteiger partial charge < -0.3 is 24.4 Å². The first kappa shape index (κ1) is 24.1. The van der Waals surface area contributed by atoms with Gasteiger partial charge in [-0.3, -0.25) is 4.90 Å². The second kappa shape index (κ2) is 8.79. The number of halogens is 3. The van der Waals surface area contributed by atoms with Crippen LogP contribution in [-0.2, 0) is 18.0 Å². The van der Waals surface area contributed by atoms with Gasteiger partial charge in [-0.1, -0.05) is 11.6 Å². The Bertz CT molecular complexity index is 1290. The summed E-state index contributed by atoms with van der Waals surface area (Å²) < 4.78 is 27.2. The van der Waals surface area contributed by atoms with E-state index in [1.54, 1.807) is 0 Å². The zero-order valence-corrected chi connectivity index (χ0v) is 22.6. The normalized spacial score (nSPS) is 30.8. The van der Waals surface area contributed by atoms with Gasteiger partial charge in [0.05, 0.1) is 34.7 Å². The summed E-state index contributed by atoms with van der Waals surface area (Å²) in [5.74, 6) is 0.726. The molecule has 0 saturated carbocycles. The summed E-state index contributed by atoms with van der Waals surface area (Å²) in [5.41, 5.74) is 2.27. The SMILES string of the molecule is O=C(O)N1CC2CCC(C1)N2c1nc(OC[C@@]23CCCN2C[C@H](F)C3)nc2c(Cl)c(Br)c3c(c12)COC3. The highest BCUT2D eigenvalue weighted by Crippen LogP contribution is 2.47. The number of aromatic nitrogens is 2. The number of anilines is 1. The third kappa shape index (κ3) is 3.71. The Morgan fingerprint density at radius 3 is 2.73 bits per heavy atom. The van der Waals surface area contributed by atoms with Crippen LogP contribution in [0.1, 0.15) is 43.2 Å². The summed E-state index contributed by atoms with van der Waals surface area (Å²) >= 11 is 10.5.